The molecule has 4 aromatic rings. The highest BCUT2D eigenvalue weighted by Crippen LogP contribution is 2.31. The molecule has 0 fully saturated rings. The highest BCUT2D eigenvalue weighted by atomic mass is 35.5. The molecule has 1 aromatic heterocycles. The molecule has 0 aliphatic rings. The van der Waals surface area contributed by atoms with Crippen LogP contribution in [-0.4, -0.2) is 17.1 Å². The van der Waals surface area contributed by atoms with Crippen LogP contribution in [-0.2, 0) is 24.0 Å². The zero-order chi connectivity index (χ0) is 26.3. The standard InChI is InChI=1S/C26H20ClF3N4O2S/c27-20-8-4-18(5-9-20)15-36-23-10-6-17(7-11-23)14-31-34-24(35)13-22-16-37-25(33-22)32-21-3-1-2-19(12-21)26(28,29)30/h1-12,14,16H,13,15H2,(H,32,33)(H,34,35)/b31-14-. The molecule has 1 amide bonds. The number of carbonyl (C=O) groups excluding carboxylic acids is 1. The number of alkyl halides is 3. The van der Waals surface area contributed by atoms with E-state index in [9.17, 15) is 18.0 Å². The predicted octanol–water partition coefficient (Wildman–Crippen LogP) is 6.83. The molecule has 6 nitrogen and oxygen atoms in total. The van der Waals surface area contributed by atoms with E-state index < -0.39 is 11.7 Å². The SMILES string of the molecule is O=C(Cc1csc(Nc2cccc(C(F)(F)F)c2)n1)N/N=C\c1ccc(OCc2ccc(Cl)cc2)cc1. The van der Waals surface area contributed by atoms with E-state index in [0.29, 0.717) is 28.2 Å². The molecule has 2 N–H and O–H groups in total. The molecule has 11 heteroatoms. The number of hydrogen-bond acceptors (Lipinski definition) is 6. The molecule has 0 saturated heterocycles. The van der Waals surface area contributed by atoms with Crippen LogP contribution in [0.4, 0.5) is 24.0 Å². The Labute approximate surface area is 219 Å². The first-order valence-electron chi connectivity index (χ1n) is 10.9. The van der Waals surface area contributed by atoms with Crippen molar-refractivity contribution in [2.24, 2.45) is 5.10 Å². The lowest BCUT2D eigenvalue weighted by molar-refractivity contribution is -0.137. The van der Waals surface area contributed by atoms with E-state index in [-0.39, 0.29) is 18.0 Å². The molecule has 0 saturated carbocycles. The van der Waals surface area contributed by atoms with Gasteiger partial charge in [0.05, 0.1) is 23.9 Å². The smallest absolute Gasteiger partial charge is 0.416 e. The number of anilines is 2. The minimum absolute atomic E-state index is 0.0322. The van der Waals surface area contributed by atoms with Crippen molar-refractivity contribution in [3.63, 3.8) is 0 Å². The number of nitrogens with one attached hydrogen (secondary N) is 2. The highest BCUT2D eigenvalue weighted by Gasteiger charge is 2.30. The van der Waals surface area contributed by atoms with E-state index in [0.717, 1.165) is 23.3 Å². The van der Waals surface area contributed by atoms with Gasteiger partial charge in [-0.2, -0.15) is 18.3 Å². The number of benzene rings is 3. The van der Waals surface area contributed by atoms with Gasteiger partial charge < -0.3 is 10.1 Å². The van der Waals surface area contributed by atoms with E-state index >= 15 is 0 Å². The van der Waals surface area contributed by atoms with Gasteiger partial charge in [0.25, 0.3) is 0 Å². The van der Waals surface area contributed by atoms with E-state index in [1.807, 2.05) is 12.1 Å². The number of hydrazone groups is 1. The molecule has 0 unspecified atom stereocenters. The molecule has 0 atom stereocenters. The Morgan fingerprint density at radius 3 is 2.57 bits per heavy atom. The highest BCUT2D eigenvalue weighted by molar-refractivity contribution is 7.13. The van der Waals surface area contributed by atoms with Gasteiger partial charge in [0.1, 0.15) is 12.4 Å². The Kier molecular flexibility index (Phi) is 8.42. The van der Waals surface area contributed by atoms with Gasteiger partial charge >= 0.3 is 6.18 Å². The lowest BCUT2D eigenvalue weighted by Gasteiger charge is -2.08. The number of halogens is 4. The summed E-state index contributed by atoms with van der Waals surface area (Å²) >= 11 is 7.06. The third-order valence-electron chi connectivity index (χ3n) is 4.94. The average molecular weight is 545 g/mol. The largest absolute Gasteiger partial charge is 0.489 e. The number of carbonyl (C=O) groups is 1. The van der Waals surface area contributed by atoms with Gasteiger partial charge in [-0.15, -0.1) is 11.3 Å². The molecule has 190 valence electrons. The summed E-state index contributed by atoms with van der Waals surface area (Å²) in [6.07, 6.45) is -2.96. The van der Waals surface area contributed by atoms with Crippen LogP contribution in [0.25, 0.3) is 0 Å². The van der Waals surface area contributed by atoms with E-state index in [1.54, 1.807) is 41.8 Å². The zero-order valence-corrected chi connectivity index (χ0v) is 20.7. The van der Waals surface area contributed by atoms with Crippen molar-refractivity contribution in [3.8, 4) is 5.75 Å². The number of aromatic nitrogens is 1. The Morgan fingerprint density at radius 1 is 1.08 bits per heavy atom. The minimum atomic E-state index is -4.43. The quantitative estimate of drug-likeness (QED) is 0.179. The first-order chi connectivity index (χ1) is 17.7. The second-order valence-corrected chi connectivity index (χ2v) is 9.10. The van der Waals surface area contributed by atoms with Gasteiger partial charge in [0, 0.05) is 16.1 Å². The molecule has 0 radical (unpaired) electrons. The maximum absolute atomic E-state index is 12.9. The number of amides is 1. The predicted molar refractivity (Wildman–Crippen MR) is 139 cm³/mol. The maximum Gasteiger partial charge on any atom is 0.416 e. The summed E-state index contributed by atoms with van der Waals surface area (Å²) in [4.78, 5) is 16.4. The van der Waals surface area contributed by atoms with Crippen molar-refractivity contribution in [1.82, 2.24) is 10.4 Å². The number of nitrogens with zero attached hydrogens (tertiary/aromatic N) is 2. The molecule has 0 aliphatic heterocycles. The summed E-state index contributed by atoms with van der Waals surface area (Å²) in [5, 5.41) is 9.48. The van der Waals surface area contributed by atoms with Gasteiger partial charge in [-0.1, -0.05) is 29.8 Å². The summed E-state index contributed by atoms with van der Waals surface area (Å²) < 4.78 is 44.4. The molecular formula is C26H20ClF3N4O2S. The summed E-state index contributed by atoms with van der Waals surface area (Å²) in [5.74, 6) is 0.310. The van der Waals surface area contributed by atoms with Crippen molar-refractivity contribution >= 4 is 45.9 Å². The Bertz CT molecular complexity index is 1370. The summed E-state index contributed by atoms with van der Waals surface area (Å²) in [5.41, 5.74) is 4.16. The van der Waals surface area contributed by atoms with Gasteiger partial charge in [-0.3, -0.25) is 4.79 Å². The maximum atomic E-state index is 12.9. The summed E-state index contributed by atoms with van der Waals surface area (Å²) in [6, 6.07) is 19.4. The second-order valence-electron chi connectivity index (χ2n) is 7.80. The van der Waals surface area contributed by atoms with Crippen molar-refractivity contribution in [3.05, 3.63) is 106 Å². The lowest BCUT2D eigenvalue weighted by atomic mass is 10.2. The summed E-state index contributed by atoms with van der Waals surface area (Å²) in [7, 11) is 0. The molecule has 0 spiro atoms. The topological polar surface area (TPSA) is 75.6 Å². The second kappa shape index (κ2) is 11.9. The van der Waals surface area contributed by atoms with Crippen molar-refractivity contribution < 1.29 is 22.7 Å². The minimum Gasteiger partial charge on any atom is -0.489 e. The van der Waals surface area contributed by atoms with Gasteiger partial charge in [0.2, 0.25) is 5.91 Å². The Balaban J connectivity index is 1.23. The molecule has 1 heterocycles. The first kappa shape index (κ1) is 26.2. The van der Waals surface area contributed by atoms with Crippen LogP contribution in [0.3, 0.4) is 0 Å². The fourth-order valence-electron chi connectivity index (χ4n) is 3.12. The van der Waals surface area contributed by atoms with Crippen molar-refractivity contribution in [2.75, 3.05) is 5.32 Å². The van der Waals surface area contributed by atoms with Crippen LogP contribution in [0.15, 0.2) is 83.3 Å². The monoisotopic (exact) mass is 544 g/mol. The van der Waals surface area contributed by atoms with E-state index in [4.69, 9.17) is 16.3 Å². The van der Waals surface area contributed by atoms with Gasteiger partial charge in [0.15, 0.2) is 5.13 Å². The third kappa shape index (κ3) is 8.06. The molecule has 4 rings (SSSR count). The molecule has 3 aromatic carbocycles. The van der Waals surface area contributed by atoms with Crippen LogP contribution in [0, 0.1) is 0 Å². The van der Waals surface area contributed by atoms with Gasteiger partial charge in [-0.25, -0.2) is 10.4 Å². The van der Waals surface area contributed by atoms with Crippen LogP contribution < -0.4 is 15.5 Å². The summed E-state index contributed by atoms with van der Waals surface area (Å²) in [6.45, 7) is 0.411. The third-order valence-corrected chi connectivity index (χ3v) is 5.99. The van der Waals surface area contributed by atoms with Crippen LogP contribution in [0.1, 0.15) is 22.4 Å². The average Bonchev–Trinajstić information content (AvgIpc) is 3.30. The lowest BCUT2D eigenvalue weighted by Crippen LogP contribution is -2.19. The van der Waals surface area contributed by atoms with Gasteiger partial charge in [-0.05, 0) is 65.7 Å². The molecule has 0 bridgehead atoms. The number of rotatable bonds is 9. The molecular weight excluding hydrogens is 525 g/mol. The van der Waals surface area contributed by atoms with Crippen LogP contribution >= 0.6 is 22.9 Å². The van der Waals surface area contributed by atoms with Crippen molar-refractivity contribution in [2.45, 2.75) is 19.2 Å². The van der Waals surface area contributed by atoms with Crippen LogP contribution in [0.2, 0.25) is 5.02 Å². The molecule has 37 heavy (non-hydrogen) atoms. The normalized spacial score (nSPS) is 11.5. The number of ether oxygens (including phenoxy) is 1. The Hall–Kier alpha value is -3.89. The van der Waals surface area contributed by atoms with Crippen molar-refractivity contribution in [1.29, 1.82) is 0 Å². The van der Waals surface area contributed by atoms with E-state index in [2.05, 4.69) is 20.8 Å². The fraction of sp³-hybridized carbons (Fsp3) is 0.115. The number of hydrogen-bond donors (Lipinski definition) is 2. The Morgan fingerprint density at radius 2 is 1.84 bits per heavy atom. The molecule has 0 aliphatic carbocycles. The first-order valence-corrected chi connectivity index (χ1v) is 12.2. The fourth-order valence-corrected chi connectivity index (χ4v) is 3.98. The zero-order valence-electron chi connectivity index (χ0n) is 19.1. The van der Waals surface area contributed by atoms with Crippen LogP contribution in [0.5, 0.6) is 5.75 Å². The number of thiazole rings is 1. The van der Waals surface area contributed by atoms with E-state index in [1.165, 1.54) is 29.7 Å².